The van der Waals surface area contributed by atoms with E-state index in [1.165, 1.54) is 25.2 Å². The summed E-state index contributed by atoms with van der Waals surface area (Å²) in [5.74, 6) is 6.80. The Kier molecular flexibility index (Phi) is 7.47. The second-order valence-electron chi connectivity index (χ2n) is 6.69. The first-order valence-electron chi connectivity index (χ1n) is 9.29. The molecule has 0 saturated heterocycles. The lowest BCUT2D eigenvalue weighted by molar-refractivity contribution is 0.0868. The predicted octanol–water partition coefficient (Wildman–Crippen LogP) is 6.55. The van der Waals surface area contributed by atoms with Crippen molar-refractivity contribution in [3.63, 3.8) is 0 Å². The van der Waals surface area contributed by atoms with E-state index in [9.17, 15) is 0 Å². The van der Waals surface area contributed by atoms with E-state index >= 15 is 0 Å². The summed E-state index contributed by atoms with van der Waals surface area (Å²) >= 11 is 0. The van der Waals surface area contributed by atoms with Crippen LogP contribution in [-0.4, -0.2) is 0 Å². The maximum absolute atomic E-state index is 2.48. The molecule has 0 N–H and O–H groups in total. The predicted molar refractivity (Wildman–Crippen MR) is 87.3 cm³/mol. The fourth-order valence-corrected chi connectivity index (χ4v) is 5.30. The Bertz CT molecular complexity index is 232. The summed E-state index contributed by atoms with van der Waals surface area (Å²) in [4.78, 5) is 0. The highest BCUT2D eigenvalue weighted by atomic mass is 14.6. The Labute approximate surface area is 122 Å². The van der Waals surface area contributed by atoms with Gasteiger partial charge in [-0.05, 0) is 61.2 Å². The minimum absolute atomic E-state index is 1.04. The number of rotatable bonds is 2. The second kappa shape index (κ2) is 8.32. The molecule has 3 rings (SSSR count). The molecule has 6 atom stereocenters. The highest BCUT2D eigenvalue weighted by Gasteiger charge is 2.52. The first-order valence-corrected chi connectivity index (χ1v) is 9.29. The van der Waals surface area contributed by atoms with Crippen LogP contribution in [0.25, 0.3) is 0 Å². The van der Waals surface area contributed by atoms with Gasteiger partial charge in [0.25, 0.3) is 0 Å². The standard InChI is InChI=1S/C15H26.2C2H6/c1-3-4-11-8-12-9-14(11)15-7-10(2)5-6-13(12)15;2*1-2/h10-15H,3-9H2,1-2H3;2*1-2H3. The van der Waals surface area contributed by atoms with E-state index in [1.807, 2.05) is 27.7 Å². The largest absolute Gasteiger partial charge is 0.0683 e. The van der Waals surface area contributed by atoms with Crippen molar-refractivity contribution in [3.8, 4) is 0 Å². The SMILES string of the molecule is CC.CC.CCCC1CC2CC1C1CC(C)CCC21. The van der Waals surface area contributed by atoms with Crippen molar-refractivity contribution in [2.75, 3.05) is 0 Å². The lowest BCUT2D eigenvalue weighted by Gasteiger charge is -2.41. The van der Waals surface area contributed by atoms with Gasteiger partial charge in [-0.15, -0.1) is 0 Å². The molecule has 6 unspecified atom stereocenters. The highest BCUT2D eigenvalue weighted by molar-refractivity contribution is 5.02. The second-order valence-corrected chi connectivity index (χ2v) is 6.69. The van der Waals surface area contributed by atoms with Crippen LogP contribution < -0.4 is 0 Å². The van der Waals surface area contributed by atoms with Crippen molar-refractivity contribution in [3.05, 3.63) is 0 Å². The monoisotopic (exact) mass is 266 g/mol. The normalized spacial score (nSPS) is 42.6. The van der Waals surface area contributed by atoms with Crippen LogP contribution in [0.3, 0.4) is 0 Å². The zero-order chi connectivity index (χ0) is 14.4. The van der Waals surface area contributed by atoms with Crippen LogP contribution >= 0.6 is 0 Å². The molecule has 0 aromatic heterocycles. The minimum atomic E-state index is 1.04. The molecule has 0 spiro atoms. The van der Waals surface area contributed by atoms with Gasteiger partial charge in [-0.3, -0.25) is 0 Å². The molecule has 114 valence electrons. The maximum Gasteiger partial charge on any atom is -0.0349 e. The Morgan fingerprint density at radius 3 is 2.11 bits per heavy atom. The zero-order valence-corrected chi connectivity index (χ0v) is 14.4. The number of fused-ring (bicyclic) bond motifs is 5. The first kappa shape index (κ1) is 17.1. The van der Waals surface area contributed by atoms with Crippen LogP contribution in [-0.2, 0) is 0 Å². The van der Waals surface area contributed by atoms with Crippen molar-refractivity contribution < 1.29 is 0 Å². The molecule has 0 amide bonds. The molecular formula is C19H38. The van der Waals surface area contributed by atoms with Gasteiger partial charge < -0.3 is 0 Å². The van der Waals surface area contributed by atoms with Gasteiger partial charge in [0.1, 0.15) is 0 Å². The van der Waals surface area contributed by atoms with Gasteiger partial charge >= 0.3 is 0 Å². The van der Waals surface area contributed by atoms with Gasteiger partial charge in [0, 0.05) is 0 Å². The average molecular weight is 267 g/mol. The molecule has 0 heteroatoms. The van der Waals surface area contributed by atoms with Gasteiger partial charge in [-0.2, -0.15) is 0 Å². The highest BCUT2D eigenvalue weighted by Crippen LogP contribution is 2.61. The van der Waals surface area contributed by atoms with E-state index in [4.69, 9.17) is 0 Å². The van der Waals surface area contributed by atoms with E-state index in [0.29, 0.717) is 0 Å². The summed E-state index contributed by atoms with van der Waals surface area (Å²) in [7, 11) is 0. The molecule has 0 heterocycles. The first-order chi connectivity index (χ1) is 9.29. The van der Waals surface area contributed by atoms with Gasteiger partial charge in [0.2, 0.25) is 0 Å². The minimum Gasteiger partial charge on any atom is -0.0683 e. The Morgan fingerprint density at radius 2 is 1.47 bits per heavy atom. The lowest BCUT2D eigenvalue weighted by atomic mass is 9.64. The summed E-state index contributed by atoms with van der Waals surface area (Å²) in [6.45, 7) is 12.9. The Morgan fingerprint density at radius 1 is 0.789 bits per heavy atom. The zero-order valence-electron chi connectivity index (χ0n) is 14.4. The molecule has 3 aliphatic rings. The van der Waals surface area contributed by atoms with E-state index in [-0.39, 0.29) is 0 Å². The molecule has 0 aromatic rings. The van der Waals surface area contributed by atoms with E-state index < -0.39 is 0 Å². The Hall–Kier alpha value is 0. The van der Waals surface area contributed by atoms with Gasteiger partial charge in [-0.25, -0.2) is 0 Å². The van der Waals surface area contributed by atoms with E-state index in [2.05, 4.69) is 13.8 Å². The fourth-order valence-electron chi connectivity index (χ4n) is 5.30. The summed E-state index contributed by atoms with van der Waals surface area (Å²) in [5, 5.41) is 0. The van der Waals surface area contributed by atoms with Crippen molar-refractivity contribution in [2.24, 2.45) is 35.5 Å². The smallest absolute Gasteiger partial charge is 0.0349 e. The van der Waals surface area contributed by atoms with Gasteiger partial charge in [0.15, 0.2) is 0 Å². The quantitative estimate of drug-likeness (QED) is 0.532. The van der Waals surface area contributed by atoms with Gasteiger partial charge in [0.05, 0.1) is 0 Å². The molecule has 3 fully saturated rings. The molecule has 0 aromatic carbocycles. The third kappa shape index (κ3) is 3.56. The molecule has 3 saturated carbocycles. The van der Waals surface area contributed by atoms with E-state index in [0.717, 1.165) is 29.6 Å². The van der Waals surface area contributed by atoms with Gasteiger partial charge in [-0.1, -0.05) is 60.8 Å². The third-order valence-corrected chi connectivity index (χ3v) is 5.82. The molecule has 2 bridgehead atoms. The topological polar surface area (TPSA) is 0 Å². The summed E-state index contributed by atoms with van der Waals surface area (Å²) < 4.78 is 0. The molecule has 0 aliphatic heterocycles. The summed E-state index contributed by atoms with van der Waals surface area (Å²) in [5.41, 5.74) is 0. The van der Waals surface area contributed by atoms with Crippen LogP contribution in [0.15, 0.2) is 0 Å². The van der Waals surface area contributed by atoms with Crippen molar-refractivity contribution in [1.82, 2.24) is 0 Å². The average Bonchev–Trinajstić information content (AvgIpc) is 3.02. The van der Waals surface area contributed by atoms with Crippen molar-refractivity contribution >= 4 is 0 Å². The van der Waals surface area contributed by atoms with Crippen LogP contribution in [0.1, 0.15) is 86.5 Å². The summed E-state index contributed by atoms with van der Waals surface area (Å²) in [6, 6.07) is 0. The molecule has 0 radical (unpaired) electrons. The molecule has 19 heavy (non-hydrogen) atoms. The fraction of sp³-hybridized carbons (Fsp3) is 1.00. The Balaban J connectivity index is 0.000000415. The molecular weight excluding hydrogens is 228 g/mol. The van der Waals surface area contributed by atoms with Crippen molar-refractivity contribution in [1.29, 1.82) is 0 Å². The molecule has 0 nitrogen and oxygen atoms in total. The number of hydrogen-bond donors (Lipinski definition) is 0. The number of hydrogen-bond acceptors (Lipinski definition) is 0. The van der Waals surface area contributed by atoms with Crippen LogP contribution in [0.4, 0.5) is 0 Å². The molecule has 3 aliphatic carbocycles. The van der Waals surface area contributed by atoms with E-state index in [1.54, 1.807) is 25.7 Å². The summed E-state index contributed by atoms with van der Waals surface area (Å²) in [6.07, 6.45) is 10.8. The lowest BCUT2D eigenvalue weighted by Crippen LogP contribution is -2.32. The van der Waals surface area contributed by atoms with Crippen molar-refractivity contribution in [2.45, 2.75) is 86.5 Å². The maximum atomic E-state index is 2.48. The third-order valence-electron chi connectivity index (χ3n) is 5.82. The van der Waals surface area contributed by atoms with Crippen LogP contribution in [0.2, 0.25) is 0 Å². The van der Waals surface area contributed by atoms with Crippen LogP contribution in [0.5, 0.6) is 0 Å². The van der Waals surface area contributed by atoms with Crippen LogP contribution in [0, 0.1) is 35.5 Å².